The molecule has 3 aromatic rings. The zero-order valence-electron chi connectivity index (χ0n) is 16.2. The molecule has 2 heterocycles. The van der Waals surface area contributed by atoms with Gasteiger partial charge in [0, 0.05) is 18.1 Å². The average Bonchev–Trinajstić information content (AvgIpc) is 3.23. The molecular weight excluding hydrogens is 376 g/mol. The minimum absolute atomic E-state index is 0.117. The molecule has 2 N–H and O–H groups in total. The van der Waals surface area contributed by atoms with Crippen molar-refractivity contribution in [3.63, 3.8) is 0 Å². The van der Waals surface area contributed by atoms with Gasteiger partial charge in [-0.05, 0) is 57.0 Å². The van der Waals surface area contributed by atoms with Gasteiger partial charge in [0.25, 0.3) is 5.91 Å². The summed E-state index contributed by atoms with van der Waals surface area (Å²) in [5.74, 6) is 0.526. The summed E-state index contributed by atoms with van der Waals surface area (Å²) in [5, 5.41) is 0.702. The minimum Gasteiger partial charge on any atom is -0.466 e. The van der Waals surface area contributed by atoms with Crippen LogP contribution in [0.1, 0.15) is 33.0 Å². The maximum absolute atomic E-state index is 12.1. The van der Waals surface area contributed by atoms with Gasteiger partial charge in [0.2, 0.25) is 5.91 Å². The van der Waals surface area contributed by atoms with Crippen molar-refractivity contribution in [2.45, 2.75) is 32.9 Å². The minimum atomic E-state index is -0.413. The van der Waals surface area contributed by atoms with Crippen molar-refractivity contribution < 1.29 is 14.0 Å². The molecule has 146 valence electrons. The Hall–Kier alpha value is -3.00. The van der Waals surface area contributed by atoms with Crippen LogP contribution < -0.4 is 10.9 Å². The number of nitrogens with one attached hydrogen (secondary N) is 2. The number of imidazole rings is 1. The van der Waals surface area contributed by atoms with Gasteiger partial charge in [0.05, 0.1) is 11.3 Å². The maximum Gasteiger partial charge on any atom is 0.273 e. The van der Waals surface area contributed by atoms with Gasteiger partial charge in [0.1, 0.15) is 11.5 Å². The van der Waals surface area contributed by atoms with Crippen LogP contribution in [0.25, 0.3) is 5.69 Å². The number of rotatable bonds is 5. The fraction of sp³-hybridized carbons (Fsp3) is 0.250. The summed E-state index contributed by atoms with van der Waals surface area (Å²) in [6, 6.07) is 7.86. The van der Waals surface area contributed by atoms with E-state index < -0.39 is 5.91 Å². The van der Waals surface area contributed by atoms with Gasteiger partial charge in [-0.25, -0.2) is 4.98 Å². The van der Waals surface area contributed by atoms with Crippen LogP contribution in [-0.2, 0) is 4.79 Å². The zero-order valence-corrected chi connectivity index (χ0v) is 17.0. The first-order chi connectivity index (χ1) is 13.3. The van der Waals surface area contributed by atoms with Crippen molar-refractivity contribution in [3.05, 3.63) is 64.9 Å². The second kappa shape index (κ2) is 8.35. The van der Waals surface area contributed by atoms with E-state index in [1.807, 2.05) is 24.6 Å². The number of aromatic nitrogens is 2. The first-order valence-electron chi connectivity index (χ1n) is 8.74. The fourth-order valence-electron chi connectivity index (χ4n) is 2.90. The van der Waals surface area contributed by atoms with Crippen molar-refractivity contribution in [1.29, 1.82) is 0 Å². The Morgan fingerprint density at radius 2 is 1.79 bits per heavy atom. The summed E-state index contributed by atoms with van der Waals surface area (Å²) < 4.78 is 7.26. The molecule has 8 heteroatoms. The van der Waals surface area contributed by atoms with Crippen LogP contribution in [0.3, 0.4) is 0 Å². The molecule has 0 aliphatic rings. The maximum atomic E-state index is 12.1. The molecule has 0 fully saturated rings. The van der Waals surface area contributed by atoms with Crippen molar-refractivity contribution in [1.82, 2.24) is 20.4 Å². The first kappa shape index (κ1) is 19.8. The molecule has 0 radical (unpaired) electrons. The van der Waals surface area contributed by atoms with Crippen LogP contribution >= 0.6 is 11.8 Å². The summed E-state index contributed by atoms with van der Waals surface area (Å²) >= 11 is 1.29. The van der Waals surface area contributed by atoms with Crippen LogP contribution in [0.15, 0.2) is 46.2 Å². The number of hydrazine groups is 1. The largest absolute Gasteiger partial charge is 0.466 e. The molecule has 0 saturated carbocycles. The van der Waals surface area contributed by atoms with E-state index in [0.29, 0.717) is 22.2 Å². The molecule has 28 heavy (non-hydrogen) atoms. The lowest BCUT2D eigenvalue weighted by atomic mass is 10.1. The van der Waals surface area contributed by atoms with Crippen molar-refractivity contribution >= 4 is 23.6 Å². The molecule has 0 saturated heterocycles. The van der Waals surface area contributed by atoms with Gasteiger partial charge in [-0.1, -0.05) is 17.8 Å². The number of amides is 2. The normalized spacial score (nSPS) is 10.7. The number of furan rings is 1. The lowest BCUT2D eigenvalue weighted by Gasteiger charge is -2.10. The number of hydrogen-bond acceptors (Lipinski definition) is 5. The Morgan fingerprint density at radius 1 is 1.07 bits per heavy atom. The number of thioether (sulfide) groups is 1. The molecule has 3 rings (SSSR count). The van der Waals surface area contributed by atoms with Crippen molar-refractivity contribution in [2.75, 3.05) is 5.75 Å². The lowest BCUT2D eigenvalue weighted by molar-refractivity contribution is -0.119. The molecule has 0 aliphatic heterocycles. The Kier molecular flexibility index (Phi) is 5.89. The van der Waals surface area contributed by atoms with Crippen molar-refractivity contribution in [2.24, 2.45) is 0 Å². The highest BCUT2D eigenvalue weighted by Crippen LogP contribution is 2.22. The van der Waals surface area contributed by atoms with Gasteiger partial charge in [-0.15, -0.1) is 0 Å². The van der Waals surface area contributed by atoms with Crippen LogP contribution in [0.2, 0.25) is 0 Å². The van der Waals surface area contributed by atoms with E-state index in [4.69, 9.17) is 4.42 Å². The van der Waals surface area contributed by atoms with Crippen LogP contribution in [0.5, 0.6) is 0 Å². The number of benzene rings is 1. The number of carbonyl (C=O) groups excluding carboxylic acids is 2. The smallest absolute Gasteiger partial charge is 0.273 e. The van der Waals surface area contributed by atoms with E-state index in [9.17, 15) is 9.59 Å². The van der Waals surface area contributed by atoms with E-state index >= 15 is 0 Å². The number of hydrogen-bond donors (Lipinski definition) is 2. The Labute approximate surface area is 167 Å². The van der Waals surface area contributed by atoms with Crippen LogP contribution in [0, 0.1) is 27.7 Å². The highest BCUT2D eigenvalue weighted by Gasteiger charge is 2.15. The molecular formula is C20H22N4O3S. The van der Waals surface area contributed by atoms with E-state index in [1.165, 1.54) is 11.8 Å². The van der Waals surface area contributed by atoms with Gasteiger partial charge >= 0.3 is 0 Å². The topological polar surface area (TPSA) is 89.2 Å². The Morgan fingerprint density at radius 3 is 2.43 bits per heavy atom. The second-order valence-electron chi connectivity index (χ2n) is 6.54. The summed E-state index contributed by atoms with van der Waals surface area (Å²) in [6.45, 7) is 7.54. The molecule has 2 aromatic heterocycles. The highest BCUT2D eigenvalue weighted by molar-refractivity contribution is 7.99. The third kappa shape index (κ3) is 4.64. The predicted octanol–water partition coefficient (Wildman–Crippen LogP) is 3.25. The molecule has 0 aliphatic carbocycles. The number of nitrogens with zero attached hydrogens (tertiary/aromatic N) is 2. The zero-order chi connectivity index (χ0) is 20.3. The molecule has 0 atom stereocenters. The third-order valence-electron chi connectivity index (χ3n) is 4.02. The highest BCUT2D eigenvalue weighted by atomic mass is 32.2. The first-order valence-corrected chi connectivity index (χ1v) is 9.73. The summed E-state index contributed by atoms with van der Waals surface area (Å²) in [4.78, 5) is 28.6. The van der Waals surface area contributed by atoms with Crippen LogP contribution in [-0.4, -0.2) is 27.1 Å². The quantitative estimate of drug-likeness (QED) is 0.509. The lowest BCUT2D eigenvalue weighted by Crippen LogP contribution is -2.42. The van der Waals surface area contributed by atoms with Crippen molar-refractivity contribution in [3.8, 4) is 5.69 Å². The SMILES string of the molecule is Cc1cc(C)cc(-n2ccnc2SCC(=O)NNC(=O)c2cc(C)oc2C)c1. The molecule has 0 bridgehead atoms. The van der Waals surface area contributed by atoms with E-state index in [1.54, 1.807) is 26.1 Å². The Balaban J connectivity index is 1.58. The van der Waals surface area contributed by atoms with E-state index in [0.717, 1.165) is 16.8 Å². The molecule has 2 amide bonds. The number of carbonyl (C=O) groups is 2. The summed E-state index contributed by atoms with van der Waals surface area (Å²) in [5.41, 5.74) is 8.54. The summed E-state index contributed by atoms with van der Waals surface area (Å²) in [7, 11) is 0. The fourth-order valence-corrected chi connectivity index (χ4v) is 3.67. The third-order valence-corrected chi connectivity index (χ3v) is 4.99. The monoisotopic (exact) mass is 398 g/mol. The molecule has 7 nitrogen and oxygen atoms in total. The second-order valence-corrected chi connectivity index (χ2v) is 7.49. The number of aryl methyl sites for hydroxylation is 4. The van der Waals surface area contributed by atoms with E-state index in [2.05, 4.69) is 34.0 Å². The molecule has 1 aromatic carbocycles. The van der Waals surface area contributed by atoms with Gasteiger partial charge < -0.3 is 4.42 Å². The average molecular weight is 398 g/mol. The van der Waals surface area contributed by atoms with Gasteiger partial charge in [-0.2, -0.15) is 0 Å². The predicted molar refractivity (Wildman–Crippen MR) is 108 cm³/mol. The molecule has 0 unspecified atom stereocenters. The van der Waals surface area contributed by atoms with E-state index in [-0.39, 0.29) is 11.7 Å². The summed E-state index contributed by atoms with van der Waals surface area (Å²) in [6.07, 6.45) is 3.56. The van der Waals surface area contributed by atoms with Gasteiger partial charge in [0.15, 0.2) is 5.16 Å². The standard InChI is InChI=1S/C20H22N4O3S/c1-12-7-13(2)9-16(8-12)24-6-5-21-20(24)28-11-18(25)22-23-19(26)17-10-14(3)27-15(17)4/h5-10H,11H2,1-4H3,(H,22,25)(H,23,26). The Bertz CT molecular complexity index is 1000. The molecule has 0 spiro atoms. The van der Waals surface area contributed by atoms with Gasteiger partial charge in [-0.3, -0.25) is 25.0 Å². The van der Waals surface area contributed by atoms with Crippen LogP contribution in [0.4, 0.5) is 0 Å².